The van der Waals surface area contributed by atoms with Gasteiger partial charge >= 0.3 is 5.97 Å². The van der Waals surface area contributed by atoms with E-state index in [1.807, 2.05) is 0 Å². The maximum atomic E-state index is 12.5. The molecule has 1 unspecified atom stereocenters. The van der Waals surface area contributed by atoms with Gasteiger partial charge in [0.2, 0.25) is 11.8 Å². The number of anilines is 2. The molecule has 0 radical (unpaired) electrons. The van der Waals surface area contributed by atoms with Gasteiger partial charge in [-0.25, -0.2) is 4.79 Å². The van der Waals surface area contributed by atoms with Crippen LogP contribution in [0.5, 0.6) is 0 Å². The Balaban J connectivity index is 1.73. The summed E-state index contributed by atoms with van der Waals surface area (Å²) in [6.45, 7) is 0.275. The van der Waals surface area contributed by atoms with Crippen LogP contribution in [0, 0.1) is 5.92 Å². The van der Waals surface area contributed by atoms with E-state index in [0.29, 0.717) is 11.4 Å². The lowest BCUT2D eigenvalue weighted by atomic mass is 10.1. The number of rotatable bonds is 4. The Morgan fingerprint density at radius 1 is 1.24 bits per heavy atom. The molecule has 7 heteroatoms. The fraction of sp³-hybridized carbons (Fsp3) is 0.222. The van der Waals surface area contributed by atoms with Crippen LogP contribution in [-0.2, 0) is 14.3 Å². The first-order valence-electron chi connectivity index (χ1n) is 7.78. The van der Waals surface area contributed by atoms with Gasteiger partial charge in [0, 0.05) is 19.2 Å². The van der Waals surface area contributed by atoms with Crippen molar-refractivity contribution < 1.29 is 19.1 Å². The number of benzene rings is 1. The van der Waals surface area contributed by atoms with Crippen molar-refractivity contribution in [3.8, 4) is 0 Å². The molecule has 0 bridgehead atoms. The van der Waals surface area contributed by atoms with Crippen LogP contribution in [-0.4, -0.2) is 36.4 Å². The van der Waals surface area contributed by atoms with E-state index in [1.54, 1.807) is 53.7 Å². The fourth-order valence-electron chi connectivity index (χ4n) is 2.76. The van der Waals surface area contributed by atoms with Crippen LogP contribution in [0.4, 0.5) is 11.4 Å². The Bertz CT molecular complexity index is 807. The van der Waals surface area contributed by atoms with Crippen LogP contribution in [0.2, 0.25) is 0 Å². The first-order chi connectivity index (χ1) is 12.1. The minimum atomic E-state index is -0.532. The molecule has 1 N–H and O–H groups in total. The van der Waals surface area contributed by atoms with Gasteiger partial charge in [0.25, 0.3) is 0 Å². The number of carbonyl (C=O) groups is 3. The Morgan fingerprint density at radius 3 is 2.76 bits per heavy atom. The molecule has 7 nitrogen and oxygen atoms in total. The Morgan fingerprint density at radius 2 is 2.04 bits per heavy atom. The summed E-state index contributed by atoms with van der Waals surface area (Å²) in [5.74, 6) is -1.47. The van der Waals surface area contributed by atoms with Crippen molar-refractivity contribution in [2.24, 2.45) is 5.92 Å². The van der Waals surface area contributed by atoms with Crippen molar-refractivity contribution >= 4 is 29.2 Å². The van der Waals surface area contributed by atoms with Crippen LogP contribution >= 0.6 is 0 Å². The standard InChI is InChI=1S/C18H17N3O4/c1-25-18(24)14-6-2-3-7-15(14)20-17(23)12-9-16(22)21(11-12)13-5-4-8-19-10-13/h2-8,10,12H,9,11H2,1H3,(H,20,23). The number of hydrogen-bond donors (Lipinski definition) is 1. The topological polar surface area (TPSA) is 88.6 Å². The van der Waals surface area contributed by atoms with Crippen molar-refractivity contribution in [1.82, 2.24) is 4.98 Å². The number of carbonyl (C=O) groups excluding carboxylic acids is 3. The summed E-state index contributed by atoms with van der Waals surface area (Å²) < 4.78 is 4.72. The summed E-state index contributed by atoms with van der Waals surface area (Å²) in [5, 5.41) is 2.73. The average Bonchev–Trinajstić information content (AvgIpc) is 3.04. The third-order valence-electron chi connectivity index (χ3n) is 4.04. The van der Waals surface area contributed by atoms with Crippen molar-refractivity contribution in [1.29, 1.82) is 0 Å². The molecular weight excluding hydrogens is 322 g/mol. The van der Waals surface area contributed by atoms with Crippen LogP contribution < -0.4 is 10.2 Å². The van der Waals surface area contributed by atoms with Gasteiger partial charge in [0.05, 0.1) is 36.2 Å². The number of hydrogen-bond acceptors (Lipinski definition) is 5. The smallest absolute Gasteiger partial charge is 0.339 e. The highest BCUT2D eigenvalue weighted by Gasteiger charge is 2.35. The molecule has 2 heterocycles. The van der Waals surface area contributed by atoms with Gasteiger partial charge in [-0.2, -0.15) is 0 Å². The molecule has 1 atom stereocenters. The molecule has 0 spiro atoms. The zero-order chi connectivity index (χ0) is 17.8. The first-order valence-corrected chi connectivity index (χ1v) is 7.78. The van der Waals surface area contributed by atoms with E-state index in [1.165, 1.54) is 7.11 Å². The normalized spacial score (nSPS) is 16.6. The summed E-state index contributed by atoms with van der Waals surface area (Å²) in [6.07, 6.45) is 3.32. The van der Waals surface area contributed by atoms with E-state index in [-0.39, 0.29) is 30.3 Å². The number of esters is 1. The van der Waals surface area contributed by atoms with Gasteiger partial charge in [-0.15, -0.1) is 0 Å². The second kappa shape index (κ2) is 7.12. The Hall–Kier alpha value is -3.22. The van der Waals surface area contributed by atoms with Crippen molar-refractivity contribution in [2.45, 2.75) is 6.42 Å². The van der Waals surface area contributed by atoms with Gasteiger partial charge in [-0.1, -0.05) is 12.1 Å². The lowest BCUT2D eigenvalue weighted by Gasteiger charge is -2.16. The Kier molecular flexibility index (Phi) is 4.74. The second-order valence-electron chi connectivity index (χ2n) is 5.64. The molecule has 1 fully saturated rings. The molecule has 1 aromatic heterocycles. The van der Waals surface area contributed by atoms with E-state index in [9.17, 15) is 14.4 Å². The quantitative estimate of drug-likeness (QED) is 0.859. The fourth-order valence-corrected chi connectivity index (χ4v) is 2.76. The molecular formula is C18H17N3O4. The van der Waals surface area contributed by atoms with Gasteiger partial charge < -0.3 is 15.0 Å². The number of pyridine rings is 1. The number of methoxy groups -OCH3 is 1. The van der Waals surface area contributed by atoms with Crippen LogP contribution in [0.15, 0.2) is 48.8 Å². The number of amides is 2. The van der Waals surface area contributed by atoms with E-state index in [4.69, 9.17) is 4.74 Å². The molecule has 2 amide bonds. The van der Waals surface area contributed by atoms with Gasteiger partial charge in [0.15, 0.2) is 0 Å². The van der Waals surface area contributed by atoms with E-state index in [0.717, 1.165) is 0 Å². The third kappa shape index (κ3) is 3.50. The lowest BCUT2D eigenvalue weighted by molar-refractivity contribution is -0.122. The highest BCUT2D eigenvalue weighted by Crippen LogP contribution is 2.26. The summed E-state index contributed by atoms with van der Waals surface area (Å²) in [7, 11) is 1.28. The molecule has 2 aromatic rings. The van der Waals surface area contributed by atoms with Gasteiger partial charge in [-0.3, -0.25) is 14.6 Å². The molecule has 3 rings (SSSR count). The summed E-state index contributed by atoms with van der Waals surface area (Å²) in [4.78, 5) is 42.1. The first kappa shape index (κ1) is 16.6. The maximum Gasteiger partial charge on any atom is 0.339 e. The zero-order valence-electron chi connectivity index (χ0n) is 13.6. The predicted octanol–water partition coefficient (Wildman–Crippen LogP) is 1.86. The molecule has 1 saturated heterocycles. The number of nitrogens with zero attached hydrogens (tertiary/aromatic N) is 2. The molecule has 1 aliphatic heterocycles. The number of nitrogens with one attached hydrogen (secondary N) is 1. The van der Waals surface area contributed by atoms with Crippen LogP contribution in [0.25, 0.3) is 0 Å². The highest BCUT2D eigenvalue weighted by atomic mass is 16.5. The molecule has 25 heavy (non-hydrogen) atoms. The Labute approximate surface area is 144 Å². The van der Waals surface area contributed by atoms with Gasteiger partial charge in [-0.05, 0) is 24.3 Å². The highest BCUT2D eigenvalue weighted by molar-refractivity contribution is 6.06. The molecule has 128 valence electrons. The lowest BCUT2D eigenvalue weighted by Crippen LogP contribution is -2.28. The summed E-state index contributed by atoms with van der Waals surface area (Å²) in [5.41, 5.74) is 1.30. The van der Waals surface area contributed by atoms with E-state index >= 15 is 0 Å². The van der Waals surface area contributed by atoms with Crippen molar-refractivity contribution in [2.75, 3.05) is 23.9 Å². The minimum Gasteiger partial charge on any atom is -0.465 e. The SMILES string of the molecule is COC(=O)c1ccccc1NC(=O)C1CC(=O)N(c2cccnc2)C1. The monoisotopic (exact) mass is 339 g/mol. The summed E-state index contributed by atoms with van der Waals surface area (Å²) in [6, 6.07) is 10.1. The van der Waals surface area contributed by atoms with Gasteiger partial charge in [0.1, 0.15) is 0 Å². The van der Waals surface area contributed by atoms with Crippen LogP contribution in [0.1, 0.15) is 16.8 Å². The van der Waals surface area contributed by atoms with Crippen LogP contribution in [0.3, 0.4) is 0 Å². The number of aromatic nitrogens is 1. The zero-order valence-corrected chi connectivity index (χ0v) is 13.6. The molecule has 0 aliphatic carbocycles. The number of ether oxygens (including phenoxy) is 1. The maximum absolute atomic E-state index is 12.5. The van der Waals surface area contributed by atoms with Crippen molar-refractivity contribution in [3.63, 3.8) is 0 Å². The molecule has 0 saturated carbocycles. The largest absolute Gasteiger partial charge is 0.465 e. The van der Waals surface area contributed by atoms with E-state index < -0.39 is 11.9 Å². The second-order valence-corrected chi connectivity index (χ2v) is 5.64. The van der Waals surface area contributed by atoms with Crippen molar-refractivity contribution in [3.05, 3.63) is 54.4 Å². The average molecular weight is 339 g/mol. The predicted molar refractivity (Wildman–Crippen MR) is 91.1 cm³/mol. The number of para-hydroxylation sites is 1. The molecule has 1 aromatic carbocycles. The summed E-state index contributed by atoms with van der Waals surface area (Å²) >= 11 is 0. The third-order valence-corrected chi connectivity index (χ3v) is 4.04. The van der Waals surface area contributed by atoms with E-state index in [2.05, 4.69) is 10.3 Å². The molecule has 1 aliphatic rings. The minimum absolute atomic E-state index is 0.112.